The molecule has 0 N–H and O–H groups in total. The highest BCUT2D eigenvalue weighted by Gasteiger charge is 2.33. The lowest BCUT2D eigenvalue weighted by Gasteiger charge is -2.35. The Kier molecular flexibility index (Phi) is 7.22. The third-order valence-corrected chi connectivity index (χ3v) is 9.55. The number of thiophene rings is 1. The van der Waals surface area contributed by atoms with Crippen molar-refractivity contribution in [2.75, 3.05) is 57.9 Å². The zero-order chi connectivity index (χ0) is 21.8. The molecule has 0 radical (unpaired) electrons. The van der Waals surface area contributed by atoms with Crippen LogP contribution in [0, 0.1) is 0 Å². The highest BCUT2D eigenvalue weighted by atomic mass is 32.2. The normalized spacial score (nSPS) is 18.8. The highest BCUT2D eigenvalue weighted by molar-refractivity contribution is 7.99. The summed E-state index contributed by atoms with van der Waals surface area (Å²) in [4.78, 5) is 17.7. The first-order chi connectivity index (χ1) is 15.0. The number of hydrogen-bond donors (Lipinski definition) is 0. The summed E-state index contributed by atoms with van der Waals surface area (Å²) in [7, 11) is -1.97. The summed E-state index contributed by atoms with van der Waals surface area (Å²) in [5.41, 5.74) is 1.20. The topological polar surface area (TPSA) is 70.2 Å². The second-order valence-electron chi connectivity index (χ2n) is 7.55. The molecular weight excluding hydrogens is 454 g/mol. The summed E-state index contributed by atoms with van der Waals surface area (Å²) in [5.74, 6) is 2.25. The number of piperazine rings is 1. The monoisotopic (exact) mass is 481 g/mol. The van der Waals surface area contributed by atoms with Crippen molar-refractivity contribution < 1.29 is 17.9 Å². The van der Waals surface area contributed by atoms with Crippen LogP contribution in [0.2, 0.25) is 0 Å². The molecule has 1 aromatic carbocycles. The molecule has 0 atom stereocenters. The molecule has 2 saturated heterocycles. The molecule has 0 bridgehead atoms. The summed E-state index contributed by atoms with van der Waals surface area (Å²) >= 11 is 2.98. The van der Waals surface area contributed by atoms with E-state index in [-0.39, 0.29) is 10.8 Å². The third-order valence-electron chi connectivity index (χ3n) is 5.64. The second kappa shape index (κ2) is 9.91. The third kappa shape index (κ3) is 5.09. The van der Waals surface area contributed by atoms with Gasteiger partial charge in [-0.3, -0.25) is 9.69 Å². The predicted molar refractivity (Wildman–Crippen MR) is 125 cm³/mol. The van der Waals surface area contributed by atoms with E-state index in [9.17, 15) is 13.2 Å². The van der Waals surface area contributed by atoms with Gasteiger partial charge in [-0.05, 0) is 29.1 Å². The zero-order valence-corrected chi connectivity index (χ0v) is 20.0. The predicted octanol–water partition coefficient (Wildman–Crippen LogP) is 2.45. The Hall–Kier alpha value is -1.59. The zero-order valence-electron chi connectivity index (χ0n) is 17.5. The molecule has 2 fully saturated rings. The van der Waals surface area contributed by atoms with Gasteiger partial charge in [0.2, 0.25) is 10.0 Å². The fourth-order valence-electron chi connectivity index (χ4n) is 3.82. The number of sulfonamides is 1. The van der Waals surface area contributed by atoms with Crippen LogP contribution in [0.1, 0.15) is 15.2 Å². The molecule has 4 rings (SSSR count). The Bertz CT molecular complexity index is 993. The Labute approximate surface area is 192 Å². The van der Waals surface area contributed by atoms with Gasteiger partial charge in [-0.25, -0.2) is 8.42 Å². The minimum absolute atomic E-state index is 0.162. The molecular formula is C21H27N3O4S3. The van der Waals surface area contributed by atoms with Crippen molar-refractivity contribution in [2.24, 2.45) is 0 Å². The van der Waals surface area contributed by atoms with Crippen LogP contribution in [0.25, 0.3) is 0 Å². The van der Waals surface area contributed by atoms with E-state index >= 15 is 0 Å². The van der Waals surface area contributed by atoms with E-state index in [0.29, 0.717) is 31.1 Å². The molecule has 31 heavy (non-hydrogen) atoms. The highest BCUT2D eigenvalue weighted by Crippen LogP contribution is 2.28. The number of amides is 1. The summed E-state index contributed by atoms with van der Waals surface area (Å²) in [6, 6.07) is 9.59. The molecule has 3 heterocycles. The van der Waals surface area contributed by atoms with Crippen LogP contribution in [-0.2, 0) is 16.6 Å². The molecule has 7 nitrogen and oxygen atoms in total. The minimum Gasteiger partial charge on any atom is -0.497 e. The van der Waals surface area contributed by atoms with Crippen molar-refractivity contribution >= 4 is 39.0 Å². The van der Waals surface area contributed by atoms with Gasteiger partial charge in [-0.1, -0.05) is 12.1 Å². The molecule has 1 aromatic heterocycles. The minimum atomic E-state index is -3.63. The Morgan fingerprint density at radius 3 is 2.32 bits per heavy atom. The molecule has 2 aliphatic rings. The number of methoxy groups -OCH3 is 1. The first-order valence-electron chi connectivity index (χ1n) is 10.3. The molecule has 2 aliphatic heterocycles. The van der Waals surface area contributed by atoms with Gasteiger partial charge in [-0.15, -0.1) is 11.3 Å². The summed E-state index contributed by atoms with van der Waals surface area (Å²) < 4.78 is 32.9. The number of nitrogens with zero attached hydrogens (tertiary/aromatic N) is 3. The van der Waals surface area contributed by atoms with Crippen LogP contribution < -0.4 is 4.74 Å². The van der Waals surface area contributed by atoms with Crippen molar-refractivity contribution in [1.29, 1.82) is 0 Å². The number of rotatable bonds is 6. The Morgan fingerprint density at radius 2 is 1.68 bits per heavy atom. The van der Waals surface area contributed by atoms with E-state index in [2.05, 4.69) is 17.0 Å². The van der Waals surface area contributed by atoms with Crippen molar-refractivity contribution in [3.05, 3.63) is 46.2 Å². The average molecular weight is 482 g/mol. The van der Waals surface area contributed by atoms with Crippen molar-refractivity contribution in [1.82, 2.24) is 14.1 Å². The quantitative estimate of drug-likeness (QED) is 0.631. The lowest BCUT2D eigenvalue weighted by Crippen LogP contribution is -2.48. The van der Waals surface area contributed by atoms with Crippen LogP contribution in [-0.4, -0.2) is 86.3 Å². The number of carbonyl (C=O) groups is 1. The molecule has 2 aromatic rings. The molecule has 10 heteroatoms. The van der Waals surface area contributed by atoms with Crippen LogP contribution >= 0.6 is 23.1 Å². The second-order valence-corrected chi connectivity index (χ2v) is 11.6. The van der Waals surface area contributed by atoms with Gasteiger partial charge in [0.1, 0.15) is 15.5 Å². The molecule has 168 valence electrons. The first-order valence-corrected chi connectivity index (χ1v) is 13.8. The van der Waals surface area contributed by atoms with E-state index in [1.807, 2.05) is 12.1 Å². The number of thioether (sulfide) groups is 1. The van der Waals surface area contributed by atoms with Gasteiger partial charge < -0.3 is 9.64 Å². The lowest BCUT2D eigenvalue weighted by atomic mass is 10.2. The molecule has 0 saturated carbocycles. The van der Waals surface area contributed by atoms with E-state index in [1.165, 1.54) is 21.2 Å². The van der Waals surface area contributed by atoms with E-state index in [0.717, 1.165) is 36.9 Å². The van der Waals surface area contributed by atoms with E-state index in [1.54, 1.807) is 35.2 Å². The van der Waals surface area contributed by atoms with Crippen molar-refractivity contribution in [2.45, 2.75) is 11.4 Å². The number of ether oxygens (including phenoxy) is 1. The Morgan fingerprint density at radius 1 is 1.00 bits per heavy atom. The van der Waals surface area contributed by atoms with Gasteiger partial charge in [0.05, 0.1) is 7.11 Å². The first kappa shape index (κ1) is 22.6. The van der Waals surface area contributed by atoms with Gasteiger partial charge >= 0.3 is 0 Å². The van der Waals surface area contributed by atoms with Crippen LogP contribution in [0.4, 0.5) is 0 Å². The van der Waals surface area contributed by atoms with Gasteiger partial charge in [0.25, 0.3) is 5.91 Å². The summed E-state index contributed by atoms with van der Waals surface area (Å²) in [5, 5.41) is 1.71. The fraction of sp³-hybridized carbons (Fsp3) is 0.476. The molecule has 1 amide bonds. The van der Waals surface area contributed by atoms with Crippen LogP contribution in [0.5, 0.6) is 5.75 Å². The maximum Gasteiger partial charge on any atom is 0.265 e. The van der Waals surface area contributed by atoms with Crippen LogP contribution in [0.15, 0.2) is 40.6 Å². The number of hydrogen-bond acceptors (Lipinski definition) is 7. The lowest BCUT2D eigenvalue weighted by molar-refractivity contribution is 0.0629. The van der Waals surface area contributed by atoms with Crippen molar-refractivity contribution in [3.63, 3.8) is 0 Å². The van der Waals surface area contributed by atoms with E-state index < -0.39 is 10.0 Å². The maximum atomic E-state index is 13.2. The number of carbonyl (C=O) groups excluding carboxylic acids is 1. The van der Waals surface area contributed by atoms with E-state index in [4.69, 9.17) is 4.74 Å². The Balaban J connectivity index is 1.38. The number of benzene rings is 1. The van der Waals surface area contributed by atoms with Gasteiger partial charge in [0.15, 0.2) is 0 Å². The SMILES string of the molecule is COc1ccc(CN2CCN(C(=O)c3sccc3S(=O)(=O)N3CCSCC3)CC2)cc1. The van der Waals surface area contributed by atoms with Crippen molar-refractivity contribution in [3.8, 4) is 5.75 Å². The largest absolute Gasteiger partial charge is 0.497 e. The average Bonchev–Trinajstić information content (AvgIpc) is 3.31. The maximum absolute atomic E-state index is 13.2. The molecule has 0 spiro atoms. The summed E-state index contributed by atoms with van der Waals surface area (Å²) in [6.45, 7) is 4.52. The van der Waals surface area contributed by atoms with Gasteiger partial charge in [0, 0.05) is 57.3 Å². The fourth-order valence-corrected chi connectivity index (χ4v) is 7.76. The molecule has 0 unspecified atom stereocenters. The smallest absolute Gasteiger partial charge is 0.265 e. The summed E-state index contributed by atoms with van der Waals surface area (Å²) in [6.07, 6.45) is 0. The van der Waals surface area contributed by atoms with Gasteiger partial charge in [-0.2, -0.15) is 16.1 Å². The van der Waals surface area contributed by atoms with Crippen LogP contribution in [0.3, 0.4) is 0 Å². The standard InChI is InChI=1S/C21H27N3O4S3/c1-28-18-4-2-17(3-5-18)16-22-7-9-23(10-8-22)21(25)20-19(6-13-30-20)31(26,27)24-11-14-29-15-12-24/h2-6,13H,7-12,14-16H2,1H3. The molecule has 0 aliphatic carbocycles.